The first-order valence-corrected chi connectivity index (χ1v) is 24.7. The number of hydrogen-bond donors (Lipinski definition) is 0. The summed E-state index contributed by atoms with van der Waals surface area (Å²) >= 11 is 0. The van der Waals surface area contributed by atoms with Gasteiger partial charge in [-0.15, -0.1) is 0 Å². The van der Waals surface area contributed by atoms with Crippen LogP contribution in [0.25, 0.3) is 0 Å². The summed E-state index contributed by atoms with van der Waals surface area (Å²) in [5.41, 5.74) is 20.5. The number of benzene rings is 9. The highest BCUT2D eigenvalue weighted by Gasteiger charge is 2.44. The molecule has 2 aliphatic heterocycles. The fourth-order valence-corrected chi connectivity index (χ4v) is 11.4. The van der Waals surface area contributed by atoms with E-state index in [0.717, 1.165) is 11.4 Å². The smallest absolute Gasteiger partial charge is 0.252 e. The molecule has 0 amide bonds. The molecule has 69 heavy (non-hydrogen) atoms. The second-order valence-electron chi connectivity index (χ2n) is 21.4. The van der Waals surface area contributed by atoms with Gasteiger partial charge in [0, 0.05) is 55.8 Å². The Bertz CT molecular complexity index is 3110. The number of anilines is 6. The van der Waals surface area contributed by atoms with Gasteiger partial charge in [-0.3, -0.25) is 0 Å². The molecule has 11 rings (SSSR count). The monoisotopic (exact) mass is 892 g/mol. The number of nitrogens with zero attached hydrogens (tertiary/aromatic N) is 2. The molecular weight excluding hydrogens is 832 g/mol. The zero-order chi connectivity index (χ0) is 47.7. The molecule has 0 radical (unpaired) electrons. The molecule has 9 aromatic carbocycles. The summed E-state index contributed by atoms with van der Waals surface area (Å²) in [4.78, 5) is 5.15. The van der Waals surface area contributed by atoms with Crippen molar-refractivity contribution in [2.75, 3.05) is 9.80 Å². The van der Waals surface area contributed by atoms with Crippen LogP contribution < -0.4 is 26.2 Å². The van der Waals surface area contributed by atoms with Crippen molar-refractivity contribution in [1.82, 2.24) is 0 Å². The maximum Gasteiger partial charge on any atom is 0.252 e. The van der Waals surface area contributed by atoms with E-state index in [2.05, 4.69) is 290 Å². The molecule has 2 nitrogen and oxygen atoms in total. The van der Waals surface area contributed by atoms with E-state index in [-0.39, 0.29) is 28.4 Å². The van der Waals surface area contributed by atoms with E-state index in [1.54, 1.807) is 0 Å². The Balaban J connectivity index is 1.17. The van der Waals surface area contributed by atoms with Crippen molar-refractivity contribution in [1.29, 1.82) is 0 Å². The summed E-state index contributed by atoms with van der Waals surface area (Å²) in [5, 5.41) is 0. The van der Waals surface area contributed by atoms with Crippen LogP contribution >= 0.6 is 0 Å². The second-order valence-corrected chi connectivity index (χ2v) is 21.4. The molecule has 0 aromatic heterocycles. The lowest BCUT2D eigenvalue weighted by Crippen LogP contribution is -2.61. The third kappa shape index (κ3) is 7.33. The van der Waals surface area contributed by atoms with Gasteiger partial charge >= 0.3 is 0 Å². The molecular formula is C66H61BN2. The Hall–Kier alpha value is -7.36. The van der Waals surface area contributed by atoms with Gasteiger partial charge in [0.25, 0.3) is 6.71 Å². The average Bonchev–Trinajstić information content (AvgIpc) is 3.39. The minimum atomic E-state index is -0.237. The van der Waals surface area contributed by atoms with Crippen LogP contribution in [-0.2, 0) is 21.7 Å². The third-order valence-electron chi connectivity index (χ3n) is 16.1. The second kappa shape index (κ2) is 16.7. The Kier molecular flexibility index (Phi) is 10.7. The van der Waals surface area contributed by atoms with Crippen LogP contribution in [0, 0.1) is 0 Å². The molecule has 2 aliphatic rings. The first kappa shape index (κ1) is 44.2. The van der Waals surface area contributed by atoms with Gasteiger partial charge in [0.1, 0.15) is 0 Å². The fraction of sp³-hybridized carbons (Fsp3) is 0.182. The van der Waals surface area contributed by atoms with Gasteiger partial charge in [0.05, 0.1) is 0 Å². The summed E-state index contributed by atoms with van der Waals surface area (Å²) in [7, 11) is 0. The number of hydrogen-bond acceptors (Lipinski definition) is 2. The maximum absolute atomic E-state index is 2.57. The lowest BCUT2D eigenvalue weighted by atomic mass is 9.33. The molecule has 0 saturated heterocycles. The molecule has 2 heterocycles. The molecule has 0 aliphatic carbocycles. The first-order valence-electron chi connectivity index (χ1n) is 24.7. The highest BCUT2D eigenvalue weighted by molar-refractivity contribution is 7.00. The molecule has 0 saturated carbocycles. The lowest BCUT2D eigenvalue weighted by Gasteiger charge is -2.45. The van der Waals surface area contributed by atoms with E-state index < -0.39 is 0 Å². The quantitative estimate of drug-likeness (QED) is 0.126. The van der Waals surface area contributed by atoms with Crippen LogP contribution in [0.4, 0.5) is 34.1 Å². The SMILES string of the molecule is CC(C)(c1ccccc1)c1cccc(N2c3cc(C(C)(C)c4ccccc4)ccc3B3c4ccc(C(C)(C)c5ccccc5)cc4N(c4cccc(C(C)(C)c5ccccc5)c4)c4cccc2c43)c1. The van der Waals surface area contributed by atoms with Gasteiger partial charge in [0.15, 0.2) is 0 Å². The predicted molar refractivity (Wildman–Crippen MR) is 295 cm³/mol. The van der Waals surface area contributed by atoms with E-state index in [9.17, 15) is 0 Å². The third-order valence-corrected chi connectivity index (χ3v) is 16.1. The molecule has 0 spiro atoms. The predicted octanol–water partition coefficient (Wildman–Crippen LogP) is 15.1. The zero-order valence-corrected chi connectivity index (χ0v) is 41.3. The summed E-state index contributed by atoms with van der Waals surface area (Å²) in [6.45, 7) is 18.8. The zero-order valence-electron chi connectivity index (χ0n) is 41.3. The Morgan fingerprint density at radius 3 is 0.884 bits per heavy atom. The first-order chi connectivity index (χ1) is 33.3. The van der Waals surface area contributed by atoms with Crippen molar-refractivity contribution < 1.29 is 0 Å². The highest BCUT2D eigenvalue weighted by atomic mass is 15.2. The van der Waals surface area contributed by atoms with E-state index in [1.165, 1.54) is 83.6 Å². The van der Waals surface area contributed by atoms with Crippen LogP contribution in [0.2, 0.25) is 0 Å². The highest BCUT2D eigenvalue weighted by Crippen LogP contribution is 2.48. The molecule has 0 N–H and O–H groups in total. The van der Waals surface area contributed by atoms with E-state index in [4.69, 9.17) is 0 Å². The molecule has 0 atom stereocenters. The molecule has 3 heteroatoms. The van der Waals surface area contributed by atoms with Crippen molar-refractivity contribution >= 4 is 57.2 Å². The summed E-state index contributed by atoms with van der Waals surface area (Å²) in [6, 6.07) is 84.2. The van der Waals surface area contributed by atoms with Crippen molar-refractivity contribution in [2.45, 2.75) is 77.0 Å². The molecule has 9 aromatic rings. The number of rotatable bonds is 10. The van der Waals surface area contributed by atoms with Crippen LogP contribution in [0.5, 0.6) is 0 Å². The van der Waals surface area contributed by atoms with Gasteiger partial charge in [-0.25, -0.2) is 0 Å². The van der Waals surface area contributed by atoms with Crippen molar-refractivity contribution in [3.05, 3.63) is 269 Å². The minimum Gasteiger partial charge on any atom is -0.311 e. The number of fused-ring (bicyclic) bond motifs is 4. The largest absolute Gasteiger partial charge is 0.311 e. The Morgan fingerprint density at radius 2 is 0.551 bits per heavy atom. The van der Waals surface area contributed by atoms with E-state index >= 15 is 0 Å². The van der Waals surface area contributed by atoms with E-state index in [1.807, 2.05) is 0 Å². The van der Waals surface area contributed by atoms with Crippen molar-refractivity contribution in [3.8, 4) is 0 Å². The van der Waals surface area contributed by atoms with Crippen LogP contribution in [0.15, 0.2) is 224 Å². The lowest BCUT2D eigenvalue weighted by molar-refractivity contribution is 0.640. The van der Waals surface area contributed by atoms with Gasteiger partial charge < -0.3 is 9.80 Å². The van der Waals surface area contributed by atoms with Gasteiger partial charge in [0.2, 0.25) is 0 Å². The summed E-state index contributed by atoms with van der Waals surface area (Å²) in [6.07, 6.45) is 0. The Labute approximate surface area is 411 Å². The summed E-state index contributed by atoms with van der Waals surface area (Å²) < 4.78 is 0. The molecule has 0 bridgehead atoms. The van der Waals surface area contributed by atoms with Gasteiger partial charge in [-0.2, -0.15) is 0 Å². The van der Waals surface area contributed by atoms with Gasteiger partial charge in [-0.1, -0.05) is 231 Å². The summed E-state index contributed by atoms with van der Waals surface area (Å²) in [5.74, 6) is 0. The van der Waals surface area contributed by atoms with Gasteiger partial charge in [-0.05, 0) is 109 Å². The topological polar surface area (TPSA) is 6.48 Å². The normalized spacial score (nSPS) is 13.4. The molecule has 338 valence electrons. The average molecular weight is 893 g/mol. The van der Waals surface area contributed by atoms with Crippen molar-refractivity contribution in [3.63, 3.8) is 0 Å². The van der Waals surface area contributed by atoms with Crippen LogP contribution in [0.1, 0.15) is 99.9 Å². The fourth-order valence-electron chi connectivity index (χ4n) is 11.4. The Morgan fingerprint density at radius 1 is 0.261 bits per heavy atom. The van der Waals surface area contributed by atoms with Crippen molar-refractivity contribution in [2.24, 2.45) is 0 Å². The standard InChI is InChI=1S/C66H61BN2/c1-63(2,46-24-13-9-14-25-46)50-32-21-34-54(42-50)68-58-36-23-37-59-62(58)67(56-40-38-52(44-60(56)68)65(5,6)48-28-17-11-18-29-48)57-41-39-53(66(7,8)49-30-19-12-20-31-49)45-61(57)69(59)55-35-22-33-51(43-55)64(3,4)47-26-15-10-16-27-47/h9-45H,1-8H3. The van der Waals surface area contributed by atoms with E-state index in [0.29, 0.717) is 0 Å². The van der Waals surface area contributed by atoms with Crippen LogP contribution in [-0.4, -0.2) is 6.71 Å². The minimum absolute atomic E-state index is 0.00985. The molecule has 0 unspecified atom stereocenters. The maximum atomic E-state index is 2.57. The van der Waals surface area contributed by atoms with Crippen LogP contribution in [0.3, 0.4) is 0 Å². The molecule has 0 fully saturated rings.